The van der Waals surface area contributed by atoms with Crippen molar-refractivity contribution in [1.82, 2.24) is 25.2 Å². The number of aromatic nitrogens is 3. The van der Waals surface area contributed by atoms with E-state index in [0.717, 1.165) is 12.1 Å². The molecule has 2 aromatic rings. The maximum Gasteiger partial charge on any atom is 0.315 e. The molecule has 0 aliphatic carbocycles. The van der Waals surface area contributed by atoms with E-state index in [1.807, 2.05) is 35.7 Å². The van der Waals surface area contributed by atoms with Crippen molar-refractivity contribution in [2.24, 2.45) is 11.8 Å². The number of carbonyl (C=O) groups is 1. The molecule has 0 aromatic carbocycles. The average molecular weight is 333 g/mol. The monoisotopic (exact) mass is 333 g/mol. The highest BCUT2D eigenvalue weighted by molar-refractivity contribution is 5.74. The van der Waals surface area contributed by atoms with Crippen LogP contribution in [-0.2, 0) is 0 Å². The van der Waals surface area contributed by atoms with Gasteiger partial charge >= 0.3 is 6.03 Å². The van der Waals surface area contributed by atoms with E-state index in [0.29, 0.717) is 24.7 Å². The van der Waals surface area contributed by atoms with Crippen LogP contribution in [0.2, 0.25) is 0 Å². The molecule has 7 heteroatoms. The fourth-order valence-corrected chi connectivity index (χ4v) is 2.86. The molecule has 0 bridgehead atoms. The van der Waals surface area contributed by atoms with Crippen molar-refractivity contribution in [1.29, 1.82) is 0 Å². The number of carbonyl (C=O) groups excluding carboxylic acids is 1. The SMILES string of the molecule is CC(C)CC(CCO)CNC(=O)NC(C)c1nnc2ccccn12. The number of pyridine rings is 1. The molecule has 2 rings (SSSR count). The van der Waals surface area contributed by atoms with Gasteiger partial charge in [0, 0.05) is 19.3 Å². The summed E-state index contributed by atoms with van der Waals surface area (Å²) in [4.78, 5) is 12.1. The summed E-state index contributed by atoms with van der Waals surface area (Å²) >= 11 is 0. The molecule has 2 amide bonds. The van der Waals surface area contributed by atoms with Crippen LogP contribution in [0.1, 0.15) is 45.5 Å². The Labute approximate surface area is 142 Å². The van der Waals surface area contributed by atoms with Crippen molar-refractivity contribution in [2.45, 2.75) is 39.7 Å². The fraction of sp³-hybridized carbons (Fsp3) is 0.588. The summed E-state index contributed by atoms with van der Waals surface area (Å²) in [5.74, 6) is 1.51. The third kappa shape index (κ3) is 4.92. The molecule has 2 heterocycles. The molecule has 0 saturated carbocycles. The smallest absolute Gasteiger partial charge is 0.315 e. The van der Waals surface area contributed by atoms with Crippen molar-refractivity contribution in [3.8, 4) is 0 Å². The zero-order valence-corrected chi connectivity index (χ0v) is 14.6. The Morgan fingerprint density at radius 1 is 1.29 bits per heavy atom. The van der Waals surface area contributed by atoms with Crippen LogP contribution >= 0.6 is 0 Å². The summed E-state index contributed by atoms with van der Waals surface area (Å²) in [5.41, 5.74) is 0.751. The Morgan fingerprint density at radius 3 is 2.79 bits per heavy atom. The summed E-state index contributed by atoms with van der Waals surface area (Å²) in [6, 6.07) is 5.17. The van der Waals surface area contributed by atoms with Gasteiger partial charge in [0.15, 0.2) is 11.5 Å². The van der Waals surface area contributed by atoms with Crippen LogP contribution in [0.3, 0.4) is 0 Å². The Hall–Kier alpha value is -2.15. The summed E-state index contributed by atoms with van der Waals surface area (Å²) in [6.07, 6.45) is 3.55. The van der Waals surface area contributed by atoms with Gasteiger partial charge in [0.1, 0.15) is 0 Å². The second-order valence-corrected chi connectivity index (χ2v) is 6.57. The number of aliphatic hydroxyl groups excluding tert-OH is 1. The van der Waals surface area contributed by atoms with E-state index in [9.17, 15) is 4.79 Å². The van der Waals surface area contributed by atoms with Crippen LogP contribution in [-0.4, -0.2) is 38.9 Å². The number of rotatable bonds is 8. The number of nitrogens with one attached hydrogen (secondary N) is 2. The lowest BCUT2D eigenvalue weighted by atomic mass is 9.94. The zero-order valence-electron chi connectivity index (χ0n) is 14.6. The quantitative estimate of drug-likeness (QED) is 0.690. The average Bonchev–Trinajstić information content (AvgIpc) is 2.96. The van der Waals surface area contributed by atoms with Crippen molar-refractivity contribution in [3.63, 3.8) is 0 Å². The third-order valence-electron chi connectivity index (χ3n) is 3.97. The van der Waals surface area contributed by atoms with E-state index in [4.69, 9.17) is 5.11 Å². The van der Waals surface area contributed by atoms with Crippen molar-refractivity contribution in [2.75, 3.05) is 13.2 Å². The van der Waals surface area contributed by atoms with Gasteiger partial charge in [-0.2, -0.15) is 0 Å². The Morgan fingerprint density at radius 2 is 2.08 bits per heavy atom. The maximum atomic E-state index is 12.1. The maximum absolute atomic E-state index is 12.1. The molecule has 0 spiro atoms. The first-order valence-electron chi connectivity index (χ1n) is 8.46. The van der Waals surface area contributed by atoms with E-state index >= 15 is 0 Å². The molecule has 2 aromatic heterocycles. The van der Waals surface area contributed by atoms with Crippen LogP contribution < -0.4 is 10.6 Å². The predicted octanol–water partition coefficient (Wildman–Crippen LogP) is 2.13. The van der Waals surface area contributed by atoms with Crippen LogP contribution in [0, 0.1) is 11.8 Å². The number of aliphatic hydroxyl groups is 1. The predicted molar refractivity (Wildman–Crippen MR) is 92.6 cm³/mol. The summed E-state index contributed by atoms with van der Waals surface area (Å²) in [5, 5.41) is 23.2. The van der Waals surface area contributed by atoms with Gasteiger partial charge in [0.05, 0.1) is 6.04 Å². The van der Waals surface area contributed by atoms with Gasteiger partial charge in [-0.15, -0.1) is 10.2 Å². The summed E-state index contributed by atoms with van der Waals surface area (Å²) in [6.45, 7) is 6.86. The van der Waals surface area contributed by atoms with Crippen molar-refractivity contribution in [3.05, 3.63) is 30.2 Å². The molecular formula is C17H27N5O2. The van der Waals surface area contributed by atoms with Crippen LogP contribution in [0.15, 0.2) is 24.4 Å². The number of hydrogen-bond donors (Lipinski definition) is 3. The Kier molecular flexibility index (Phi) is 6.54. The number of nitrogens with zero attached hydrogens (tertiary/aromatic N) is 3. The molecule has 0 fully saturated rings. The van der Waals surface area contributed by atoms with Gasteiger partial charge in [0.2, 0.25) is 0 Å². The molecule has 7 nitrogen and oxygen atoms in total. The highest BCUT2D eigenvalue weighted by Crippen LogP contribution is 2.15. The fourth-order valence-electron chi connectivity index (χ4n) is 2.86. The molecule has 0 aliphatic heterocycles. The first-order valence-corrected chi connectivity index (χ1v) is 8.46. The molecule has 2 atom stereocenters. The van der Waals surface area contributed by atoms with Crippen molar-refractivity contribution < 1.29 is 9.90 Å². The largest absolute Gasteiger partial charge is 0.396 e. The Balaban J connectivity index is 1.89. The van der Waals surface area contributed by atoms with Crippen LogP contribution in [0.5, 0.6) is 0 Å². The minimum Gasteiger partial charge on any atom is -0.396 e. The van der Waals surface area contributed by atoms with Gasteiger partial charge in [-0.05, 0) is 43.7 Å². The lowest BCUT2D eigenvalue weighted by Crippen LogP contribution is -2.40. The van der Waals surface area contributed by atoms with Gasteiger partial charge in [0.25, 0.3) is 0 Å². The standard InChI is InChI=1S/C17H27N5O2/c1-12(2)10-14(7-9-23)11-18-17(24)19-13(3)16-21-20-15-6-4-5-8-22(15)16/h4-6,8,12-14,23H,7,9-11H2,1-3H3,(H2,18,19,24). The summed E-state index contributed by atoms with van der Waals surface area (Å²) < 4.78 is 1.86. The molecule has 0 aliphatic rings. The van der Waals surface area contributed by atoms with E-state index in [1.165, 1.54) is 0 Å². The molecule has 132 valence electrons. The van der Waals surface area contributed by atoms with Crippen LogP contribution in [0.4, 0.5) is 4.79 Å². The topological polar surface area (TPSA) is 91.5 Å². The first-order chi connectivity index (χ1) is 11.5. The number of urea groups is 1. The molecule has 0 saturated heterocycles. The zero-order chi connectivity index (χ0) is 17.5. The van der Waals surface area contributed by atoms with E-state index in [-0.39, 0.29) is 24.6 Å². The lowest BCUT2D eigenvalue weighted by Gasteiger charge is -2.20. The van der Waals surface area contributed by atoms with Gasteiger partial charge in [-0.3, -0.25) is 4.40 Å². The summed E-state index contributed by atoms with van der Waals surface area (Å²) in [7, 11) is 0. The third-order valence-corrected chi connectivity index (χ3v) is 3.97. The van der Waals surface area contributed by atoms with E-state index in [1.54, 1.807) is 0 Å². The number of fused-ring (bicyclic) bond motifs is 1. The molecular weight excluding hydrogens is 306 g/mol. The van der Waals surface area contributed by atoms with E-state index < -0.39 is 0 Å². The normalized spacial score (nSPS) is 13.9. The minimum absolute atomic E-state index is 0.142. The van der Waals surface area contributed by atoms with Gasteiger partial charge in [-0.1, -0.05) is 19.9 Å². The van der Waals surface area contributed by atoms with Crippen molar-refractivity contribution >= 4 is 11.7 Å². The van der Waals surface area contributed by atoms with Gasteiger partial charge < -0.3 is 15.7 Å². The van der Waals surface area contributed by atoms with Gasteiger partial charge in [-0.25, -0.2) is 4.79 Å². The Bertz CT molecular complexity index is 655. The minimum atomic E-state index is -0.260. The second kappa shape index (κ2) is 8.63. The lowest BCUT2D eigenvalue weighted by molar-refractivity contribution is 0.223. The van der Waals surface area contributed by atoms with Crippen LogP contribution in [0.25, 0.3) is 5.65 Å². The highest BCUT2D eigenvalue weighted by atomic mass is 16.3. The molecule has 2 unspecified atom stereocenters. The second-order valence-electron chi connectivity index (χ2n) is 6.57. The molecule has 24 heavy (non-hydrogen) atoms. The number of amides is 2. The number of hydrogen-bond acceptors (Lipinski definition) is 4. The molecule has 0 radical (unpaired) electrons. The first kappa shape index (κ1) is 18.2. The highest BCUT2D eigenvalue weighted by Gasteiger charge is 2.17. The van der Waals surface area contributed by atoms with E-state index in [2.05, 4.69) is 34.7 Å². The molecule has 3 N–H and O–H groups in total.